The van der Waals surface area contributed by atoms with Gasteiger partial charge in [0.1, 0.15) is 17.2 Å². The highest BCUT2D eigenvalue weighted by atomic mass is 35.5. The number of carboxylic acids is 1. The fourth-order valence-electron chi connectivity index (χ4n) is 3.63. The molecule has 0 radical (unpaired) electrons. The molecule has 0 saturated carbocycles. The zero-order chi connectivity index (χ0) is 27.6. The van der Waals surface area contributed by atoms with Crippen LogP contribution in [0.4, 0.5) is 5.82 Å². The molecule has 0 aliphatic heterocycles. The summed E-state index contributed by atoms with van der Waals surface area (Å²) in [5, 5.41) is 17.2. The Morgan fingerprint density at radius 2 is 1.79 bits per heavy atom. The smallest absolute Gasteiger partial charge is 0.352 e. The number of rotatable bonds is 8. The molecule has 38 heavy (non-hydrogen) atoms. The van der Waals surface area contributed by atoms with Crippen molar-refractivity contribution < 1.29 is 19.5 Å². The lowest BCUT2D eigenvalue weighted by Crippen LogP contribution is -2.30. The molecule has 4 rings (SSSR count). The van der Waals surface area contributed by atoms with Crippen LogP contribution in [0.3, 0.4) is 0 Å². The van der Waals surface area contributed by atoms with Crippen molar-refractivity contribution in [3.05, 3.63) is 85.7 Å². The third-order valence-corrected chi connectivity index (χ3v) is 6.82. The van der Waals surface area contributed by atoms with Gasteiger partial charge in [-0.25, -0.2) is 4.79 Å². The Labute approximate surface area is 226 Å². The van der Waals surface area contributed by atoms with E-state index in [9.17, 15) is 24.3 Å². The highest BCUT2D eigenvalue weighted by Crippen LogP contribution is 2.27. The topological polar surface area (TPSA) is 136 Å². The first-order chi connectivity index (χ1) is 18.0. The number of carbonyl (C=O) groups is 3. The summed E-state index contributed by atoms with van der Waals surface area (Å²) in [5.74, 6) is -1.78. The van der Waals surface area contributed by atoms with E-state index in [0.29, 0.717) is 16.7 Å². The van der Waals surface area contributed by atoms with Gasteiger partial charge in [0.25, 0.3) is 11.5 Å². The van der Waals surface area contributed by atoms with E-state index >= 15 is 0 Å². The molecule has 2 N–H and O–H groups in total. The molecule has 0 bridgehead atoms. The molecule has 0 atom stereocenters. The molecule has 4 aromatic rings. The quantitative estimate of drug-likeness (QED) is 0.300. The van der Waals surface area contributed by atoms with Gasteiger partial charge in [0.2, 0.25) is 0 Å². The van der Waals surface area contributed by atoms with E-state index in [1.54, 1.807) is 32.9 Å². The van der Waals surface area contributed by atoms with Crippen LogP contribution in [0.1, 0.15) is 51.3 Å². The Morgan fingerprint density at radius 3 is 2.39 bits per heavy atom. The number of hydrogen-bond donors (Lipinski definition) is 2. The van der Waals surface area contributed by atoms with Crippen molar-refractivity contribution in [2.24, 2.45) is 5.41 Å². The van der Waals surface area contributed by atoms with Gasteiger partial charge in [0, 0.05) is 34.3 Å². The van der Waals surface area contributed by atoms with Crippen molar-refractivity contribution in [2.75, 3.05) is 5.32 Å². The molecule has 0 amide bonds. The molecule has 0 aliphatic rings. The summed E-state index contributed by atoms with van der Waals surface area (Å²) < 4.78 is 2.72. The van der Waals surface area contributed by atoms with Gasteiger partial charge in [-0.15, -0.1) is 11.3 Å². The number of aromatic carboxylic acids is 1. The molecule has 4 heterocycles. The van der Waals surface area contributed by atoms with Crippen LogP contribution in [0, 0.1) is 5.41 Å². The molecule has 196 valence electrons. The van der Waals surface area contributed by atoms with E-state index in [0.717, 1.165) is 9.44 Å². The van der Waals surface area contributed by atoms with Gasteiger partial charge in [0.05, 0.1) is 23.0 Å². The van der Waals surface area contributed by atoms with Crippen LogP contribution < -0.4 is 10.9 Å². The minimum absolute atomic E-state index is 0.0419. The molecule has 12 heteroatoms. The van der Waals surface area contributed by atoms with Crippen molar-refractivity contribution in [1.29, 1.82) is 0 Å². The van der Waals surface area contributed by atoms with Crippen molar-refractivity contribution in [1.82, 2.24) is 19.3 Å². The first kappa shape index (κ1) is 27.0. The van der Waals surface area contributed by atoms with Crippen LogP contribution in [0.2, 0.25) is 4.34 Å². The molecule has 0 aromatic carbocycles. The zero-order valence-corrected chi connectivity index (χ0v) is 22.3. The van der Waals surface area contributed by atoms with Gasteiger partial charge in [-0.1, -0.05) is 32.4 Å². The lowest BCUT2D eigenvalue weighted by Gasteiger charge is -2.18. The number of halogens is 1. The summed E-state index contributed by atoms with van der Waals surface area (Å²) in [5.41, 5.74) is -1.37. The fraction of sp³-hybridized carbons (Fsp3) is 0.231. The normalized spacial score (nSPS) is 11.4. The number of anilines is 1. The van der Waals surface area contributed by atoms with Crippen molar-refractivity contribution in [2.45, 2.75) is 33.9 Å². The Bertz CT molecular complexity index is 1580. The van der Waals surface area contributed by atoms with Crippen LogP contribution in [0.5, 0.6) is 0 Å². The van der Waals surface area contributed by atoms with E-state index in [-0.39, 0.29) is 28.4 Å². The lowest BCUT2D eigenvalue weighted by atomic mass is 9.96. The molecular weight excluding hydrogens is 530 g/mol. The molecule has 0 aliphatic carbocycles. The highest BCUT2D eigenvalue weighted by Gasteiger charge is 2.28. The summed E-state index contributed by atoms with van der Waals surface area (Å²) in [6.45, 7) is 5.11. The van der Waals surface area contributed by atoms with Crippen molar-refractivity contribution in [3.63, 3.8) is 0 Å². The second-order valence-corrected chi connectivity index (χ2v) is 11.2. The maximum Gasteiger partial charge on any atom is 0.352 e. The van der Waals surface area contributed by atoms with Crippen LogP contribution in [-0.2, 0) is 13.1 Å². The number of nitrogens with zero attached hydrogens (tertiary/aromatic N) is 4. The van der Waals surface area contributed by atoms with Gasteiger partial charge in [0.15, 0.2) is 5.78 Å². The predicted octanol–water partition coefficient (Wildman–Crippen LogP) is 4.70. The number of carboxylic acid groups (broad SMARTS) is 1. The maximum absolute atomic E-state index is 13.5. The summed E-state index contributed by atoms with van der Waals surface area (Å²) in [6, 6.07) is 10.7. The number of aromatic nitrogens is 4. The second-order valence-electron chi connectivity index (χ2n) is 9.43. The van der Waals surface area contributed by atoms with Gasteiger partial charge in [-0.3, -0.25) is 23.9 Å². The van der Waals surface area contributed by atoms with E-state index in [4.69, 9.17) is 11.6 Å². The average molecular weight is 554 g/mol. The molecule has 0 saturated heterocycles. The third kappa shape index (κ3) is 5.74. The number of Topliss-reactive ketones (excluding diaryl/α,β-unsaturated/α-hetero) is 1. The van der Waals surface area contributed by atoms with Crippen LogP contribution in [0.15, 0.2) is 59.7 Å². The number of nitrogens with one attached hydrogen (secondary N) is 1. The minimum atomic E-state index is -1.36. The molecule has 10 nitrogen and oxygen atoms in total. The minimum Gasteiger partial charge on any atom is -0.477 e. The van der Waals surface area contributed by atoms with Crippen molar-refractivity contribution in [3.8, 4) is 11.3 Å². The van der Waals surface area contributed by atoms with Gasteiger partial charge < -0.3 is 10.4 Å². The van der Waals surface area contributed by atoms with E-state index in [1.807, 2.05) is 6.07 Å². The fourth-order valence-corrected chi connectivity index (χ4v) is 4.65. The Morgan fingerprint density at radius 1 is 1.08 bits per heavy atom. The summed E-state index contributed by atoms with van der Waals surface area (Å²) in [6.07, 6.45) is 2.87. The largest absolute Gasteiger partial charge is 0.477 e. The van der Waals surface area contributed by atoms with Crippen LogP contribution in [0.25, 0.3) is 11.3 Å². The van der Waals surface area contributed by atoms with E-state index in [1.165, 1.54) is 52.7 Å². The molecule has 0 unspecified atom stereocenters. The summed E-state index contributed by atoms with van der Waals surface area (Å²) >= 11 is 7.41. The first-order valence-corrected chi connectivity index (χ1v) is 12.7. The number of thiophene rings is 1. The Hall–Kier alpha value is -4.09. The second kappa shape index (κ2) is 10.7. The van der Waals surface area contributed by atoms with Crippen LogP contribution >= 0.6 is 22.9 Å². The van der Waals surface area contributed by atoms with Gasteiger partial charge in [-0.05, 0) is 36.4 Å². The lowest BCUT2D eigenvalue weighted by molar-refractivity contribution is 0.0682. The Kier molecular flexibility index (Phi) is 7.61. The number of hydrogen-bond acceptors (Lipinski definition) is 8. The maximum atomic E-state index is 13.5. The number of ketones is 1. The number of pyridine rings is 2. The summed E-state index contributed by atoms with van der Waals surface area (Å²) in [4.78, 5) is 56.1. The summed E-state index contributed by atoms with van der Waals surface area (Å²) in [7, 11) is 0. The first-order valence-electron chi connectivity index (χ1n) is 11.5. The molecular formula is C26H24ClN5O5S. The van der Waals surface area contributed by atoms with E-state index < -0.39 is 29.3 Å². The Balaban J connectivity index is 1.77. The predicted molar refractivity (Wildman–Crippen MR) is 144 cm³/mol. The van der Waals surface area contributed by atoms with Gasteiger partial charge in [-0.2, -0.15) is 9.78 Å². The SMILES string of the molecule is CC(C)(C)C(=O)n1nc(-c2ccc(C(=O)O)n(CC(=O)c3ccncc3)c2=O)cc1NCc1ccc(Cl)s1. The molecule has 0 fully saturated rings. The highest BCUT2D eigenvalue weighted by molar-refractivity contribution is 7.16. The standard InChI is InChI=1S/C26H24ClN5O5S/c1-26(2,3)25(37)32-22(29-13-16-4-7-21(27)38-16)12-18(30-32)17-5-6-19(24(35)36)31(23(17)34)14-20(33)15-8-10-28-11-9-15/h4-12,29H,13-14H2,1-3H3,(H,35,36). The van der Waals surface area contributed by atoms with Crippen LogP contribution in [-0.4, -0.2) is 42.1 Å². The monoisotopic (exact) mass is 553 g/mol. The van der Waals surface area contributed by atoms with Gasteiger partial charge >= 0.3 is 5.97 Å². The third-order valence-electron chi connectivity index (χ3n) is 5.59. The van der Waals surface area contributed by atoms with Crippen molar-refractivity contribution >= 4 is 46.4 Å². The number of carbonyl (C=O) groups excluding carboxylic acids is 2. The van der Waals surface area contributed by atoms with E-state index in [2.05, 4.69) is 15.4 Å². The average Bonchev–Trinajstić information content (AvgIpc) is 3.48. The zero-order valence-electron chi connectivity index (χ0n) is 20.8. The molecule has 0 spiro atoms. The molecule has 4 aromatic heterocycles.